The normalized spacial score (nSPS) is 16.2. The third kappa shape index (κ3) is 2.17. The Labute approximate surface area is 94.4 Å². The Kier molecular flexibility index (Phi) is 3.10. The molecule has 0 amide bonds. The fourth-order valence-electron chi connectivity index (χ4n) is 1.86. The molecule has 0 spiro atoms. The molecule has 1 aliphatic heterocycles. The number of aromatic carboxylic acids is 1. The summed E-state index contributed by atoms with van der Waals surface area (Å²) in [5.41, 5.74) is 2.14. The van der Waals surface area contributed by atoms with E-state index in [9.17, 15) is 4.79 Å². The predicted molar refractivity (Wildman–Crippen MR) is 61.2 cm³/mol. The Balaban J connectivity index is 2.27. The van der Waals surface area contributed by atoms with Gasteiger partial charge in [-0.25, -0.2) is 4.79 Å². The van der Waals surface area contributed by atoms with Crippen molar-refractivity contribution >= 4 is 11.7 Å². The van der Waals surface area contributed by atoms with Gasteiger partial charge in [-0.05, 0) is 24.6 Å². The summed E-state index contributed by atoms with van der Waals surface area (Å²) < 4.78 is 5.26. The minimum atomic E-state index is -0.868. The lowest BCUT2D eigenvalue weighted by Gasteiger charge is -2.29. The molecular weight excluding hydrogens is 206 g/mol. The van der Waals surface area contributed by atoms with Crippen LogP contribution in [-0.4, -0.2) is 37.4 Å². The minimum Gasteiger partial charge on any atom is -0.478 e. The van der Waals surface area contributed by atoms with Crippen LogP contribution in [-0.2, 0) is 4.74 Å². The Bertz CT molecular complexity index is 397. The van der Waals surface area contributed by atoms with E-state index >= 15 is 0 Å². The first-order valence-corrected chi connectivity index (χ1v) is 5.35. The first kappa shape index (κ1) is 11.0. The number of carbonyl (C=O) groups is 1. The molecule has 0 aliphatic carbocycles. The maximum absolute atomic E-state index is 11.0. The van der Waals surface area contributed by atoms with Crippen LogP contribution in [0.2, 0.25) is 0 Å². The van der Waals surface area contributed by atoms with Crippen LogP contribution in [0.15, 0.2) is 18.2 Å². The Morgan fingerprint density at radius 2 is 2.06 bits per heavy atom. The average molecular weight is 221 g/mol. The number of morpholine rings is 1. The molecule has 0 saturated carbocycles. The fraction of sp³-hybridized carbons (Fsp3) is 0.417. The molecule has 1 aliphatic rings. The Hall–Kier alpha value is -1.55. The molecule has 2 rings (SSSR count). The van der Waals surface area contributed by atoms with E-state index in [0.717, 1.165) is 24.3 Å². The van der Waals surface area contributed by atoms with E-state index < -0.39 is 5.97 Å². The van der Waals surface area contributed by atoms with Crippen molar-refractivity contribution in [1.29, 1.82) is 0 Å². The predicted octanol–water partition coefficient (Wildman–Crippen LogP) is 1.53. The molecule has 4 nitrogen and oxygen atoms in total. The van der Waals surface area contributed by atoms with Crippen LogP contribution in [0.4, 0.5) is 5.69 Å². The highest BCUT2D eigenvalue weighted by Gasteiger charge is 2.14. The summed E-state index contributed by atoms with van der Waals surface area (Å²) in [7, 11) is 0. The number of ether oxygens (including phenoxy) is 1. The van der Waals surface area contributed by atoms with Crippen molar-refractivity contribution in [3.63, 3.8) is 0 Å². The topological polar surface area (TPSA) is 49.8 Å². The van der Waals surface area contributed by atoms with Gasteiger partial charge in [-0.1, -0.05) is 6.07 Å². The molecule has 16 heavy (non-hydrogen) atoms. The second-order valence-corrected chi connectivity index (χ2v) is 3.90. The average Bonchev–Trinajstić information content (AvgIpc) is 2.30. The highest BCUT2D eigenvalue weighted by Crippen LogP contribution is 2.20. The molecule has 0 unspecified atom stereocenters. The smallest absolute Gasteiger partial charge is 0.336 e. The summed E-state index contributed by atoms with van der Waals surface area (Å²) in [6, 6.07) is 5.56. The van der Waals surface area contributed by atoms with Gasteiger partial charge >= 0.3 is 5.97 Å². The molecule has 1 heterocycles. The number of benzene rings is 1. The third-order valence-corrected chi connectivity index (χ3v) is 2.83. The highest BCUT2D eigenvalue weighted by molar-refractivity contribution is 5.90. The summed E-state index contributed by atoms with van der Waals surface area (Å²) in [6.45, 7) is 4.86. The van der Waals surface area contributed by atoms with Gasteiger partial charge in [0.25, 0.3) is 0 Å². The second kappa shape index (κ2) is 4.53. The molecule has 1 aromatic carbocycles. The summed E-state index contributed by atoms with van der Waals surface area (Å²) in [5, 5.41) is 9.05. The number of hydrogen-bond donors (Lipinski definition) is 1. The summed E-state index contributed by atoms with van der Waals surface area (Å²) in [4.78, 5) is 13.2. The molecule has 0 bridgehead atoms. The largest absolute Gasteiger partial charge is 0.478 e. The zero-order valence-electron chi connectivity index (χ0n) is 9.27. The van der Waals surface area contributed by atoms with Gasteiger partial charge in [0.2, 0.25) is 0 Å². The second-order valence-electron chi connectivity index (χ2n) is 3.90. The molecule has 4 heteroatoms. The molecule has 1 saturated heterocycles. The first-order valence-electron chi connectivity index (χ1n) is 5.35. The highest BCUT2D eigenvalue weighted by atomic mass is 16.5. The lowest BCUT2D eigenvalue weighted by molar-refractivity contribution is 0.0696. The van der Waals surface area contributed by atoms with Gasteiger partial charge in [0.1, 0.15) is 0 Å². The van der Waals surface area contributed by atoms with Crippen LogP contribution in [0.1, 0.15) is 15.9 Å². The van der Waals surface area contributed by atoms with Gasteiger partial charge in [-0.15, -0.1) is 0 Å². The maximum Gasteiger partial charge on any atom is 0.336 e. The SMILES string of the molecule is Cc1ccc(N2CCOCC2)cc1C(=O)O. The van der Waals surface area contributed by atoms with Gasteiger partial charge in [-0.3, -0.25) is 0 Å². The summed E-state index contributed by atoms with van der Waals surface area (Å²) >= 11 is 0. The molecule has 86 valence electrons. The maximum atomic E-state index is 11.0. The lowest BCUT2D eigenvalue weighted by atomic mass is 10.1. The van der Waals surface area contributed by atoms with Crippen LogP contribution in [0.3, 0.4) is 0 Å². The van der Waals surface area contributed by atoms with E-state index in [4.69, 9.17) is 9.84 Å². The number of aryl methyl sites for hydroxylation is 1. The van der Waals surface area contributed by atoms with Crippen molar-refractivity contribution < 1.29 is 14.6 Å². The van der Waals surface area contributed by atoms with Crippen molar-refractivity contribution in [1.82, 2.24) is 0 Å². The molecule has 1 N–H and O–H groups in total. The fourth-order valence-corrected chi connectivity index (χ4v) is 1.86. The number of anilines is 1. The van der Waals surface area contributed by atoms with Gasteiger partial charge in [0.15, 0.2) is 0 Å². The van der Waals surface area contributed by atoms with Crippen LogP contribution >= 0.6 is 0 Å². The summed E-state index contributed by atoms with van der Waals surface area (Å²) in [5.74, 6) is -0.868. The monoisotopic (exact) mass is 221 g/mol. The number of rotatable bonds is 2. The zero-order chi connectivity index (χ0) is 11.5. The van der Waals surface area contributed by atoms with Crippen molar-refractivity contribution in [3.8, 4) is 0 Å². The van der Waals surface area contributed by atoms with Crippen molar-refractivity contribution in [2.45, 2.75) is 6.92 Å². The molecule has 0 aromatic heterocycles. The van der Waals surface area contributed by atoms with Crippen molar-refractivity contribution in [2.24, 2.45) is 0 Å². The van der Waals surface area contributed by atoms with Crippen LogP contribution in [0.25, 0.3) is 0 Å². The lowest BCUT2D eigenvalue weighted by Crippen LogP contribution is -2.36. The van der Waals surface area contributed by atoms with Gasteiger partial charge in [-0.2, -0.15) is 0 Å². The summed E-state index contributed by atoms with van der Waals surface area (Å²) in [6.07, 6.45) is 0. The quantitative estimate of drug-likeness (QED) is 0.822. The van der Waals surface area contributed by atoms with E-state index in [2.05, 4.69) is 4.90 Å². The Morgan fingerprint density at radius 3 is 2.69 bits per heavy atom. The van der Waals surface area contributed by atoms with Crippen molar-refractivity contribution in [2.75, 3.05) is 31.2 Å². The molecule has 1 aromatic rings. The molecular formula is C12H15NO3. The number of nitrogens with zero attached hydrogens (tertiary/aromatic N) is 1. The third-order valence-electron chi connectivity index (χ3n) is 2.83. The number of carboxylic acid groups (broad SMARTS) is 1. The van der Waals surface area contributed by atoms with E-state index in [0.29, 0.717) is 18.8 Å². The standard InChI is InChI=1S/C12H15NO3/c1-9-2-3-10(8-11(9)12(14)15)13-4-6-16-7-5-13/h2-3,8H,4-7H2,1H3,(H,14,15). The van der Waals surface area contributed by atoms with Crippen LogP contribution in [0.5, 0.6) is 0 Å². The zero-order valence-corrected chi connectivity index (χ0v) is 9.27. The molecule has 0 atom stereocenters. The van der Waals surface area contributed by atoms with Gasteiger partial charge in [0, 0.05) is 18.8 Å². The Morgan fingerprint density at radius 1 is 1.38 bits per heavy atom. The number of hydrogen-bond acceptors (Lipinski definition) is 3. The van der Waals surface area contributed by atoms with E-state index in [-0.39, 0.29) is 0 Å². The van der Waals surface area contributed by atoms with E-state index in [1.54, 1.807) is 6.07 Å². The molecule has 1 fully saturated rings. The minimum absolute atomic E-state index is 0.379. The van der Waals surface area contributed by atoms with E-state index in [1.165, 1.54) is 0 Å². The van der Waals surface area contributed by atoms with Crippen molar-refractivity contribution in [3.05, 3.63) is 29.3 Å². The van der Waals surface area contributed by atoms with E-state index in [1.807, 2.05) is 19.1 Å². The van der Waals surface area contributed by atoms with Gasteiger partial charge < -0.3 is 14.7 Å². The van der Waals surface area contributed by atoms with Crippen LogP contribution < -0.4 is 4.90 Å². The first-order chi connectivity index (χ1) is 7.68. The van der Waals surface area contributed by atoms with Crippen LogP contribution in [0, 0.1) is 6.92 Å². The number of carboxylic acids is 1. The molecule has 0 radical (unpaired) electrons. The van der Waals surface area contributed by atoms with Gasteiger partial charge in [0.05, 0.1) is 18.8 Å².